The molecule has 2 rings (SSSR count). The Bertz CT molecular complexity index is 513. The van der Waals surface area contributed by atoms with Crippen molar-refractivity contribution in [1.82, 2.24) is 10.2 Å². The standard InChI is InChI=1S/C12H13N3O4/c1-2-7-19-12(18)15(8-3-4-8)10-9(11(16)17)5-6-13-14-10/h2,5-6,8H,1,3-4,7H2,(H,16,17). The third kappa shape index (κ3) is 2.87. The predicted octanol–water partition coefficient (Wildman–Crippen LogP) is 1.47. The highest BCUT2D eigenvalue weighted by Gasteiger charge is 2.38. The molecule has 7 nitrogen and oxygen atoms in total. The van der Waals surface area contributed by atoms with Crippen LogP contribution in [0.4, 0.5) is 10.6 Å². The van der Waals surface area contributed by atoms with Crippen molar-refractivity contribution >= 4 is 17.9 Å². The van der Waals surface area contributed by atoms with Crippen LogP contribution >= 0.6 is 0 Å². The largest absolute Gasteiger partial charge is 0.478 e. The Hall–Kier alpha value is -2.44. The highest BCUT2D eigenvalue weighted by Crippen LogP contribution is 2.32. The van der Waals surface area contributed by atoms with E-state index >= 15 is 0 Å². The van der Waals surface area contributed by atoms with Crippen molar-refractivity contribution in [2.75, 3.05) is 11.5 Å². The second-order valence-electron chi connectivity index (χ2n) is 4.04. The number of anilines is 1. The molecule has 1 N–H and O–H groups in total. The van der Waals surface area contributed by atoms with E-state index < -0.39 is 12.1 Å². The molecule has 19 heavy (non-hydrogen) atoms. The van der Waals surface area contributed by atoms with E-state index in [2.05, 4.69) is 16.8 Å². The van der Waals surface area contributed by atoms with Crippen LogP contribution in [0.25, 0.3) is 0 Å². The minimum Gasteiger partial charge on any atom is -0.478 e. The van der Waals surface area contributed by atoms with E-state index in [1.54, 1.807) is 0 Å². The molecule has 0 saturated heterocycles. The monoisotopic (exact) mass is 263 g/mol. The highest BCUT2D eigenvalue weighted by molar-refractivity contribution is 5.98. The molecule has 1 fully saturated rings. The summed E-state index contributed by atoms with van der Waals surface area (Å²) >= 11 is 0. The summed E-state index contributed by atoms with van der Waals surface area (Å²) in [5.74, 6) is -1.14. The molecule has 0 atom stereocenters. The lowest BCUT2D eigenvalue weighted by Gasteiger charge is -2.21. The fourth-order valence-electron chi connectivity index (χ4n) is 1.61. The number of carboxylic acid groups (broad SMARTS) is 1. The lowest BCUT2D eigenvalue weighted by molar-refractivity contribution is 0.0697. The summed E-state index contributed by atoms with van der Waals surface area (Å²) in [4.78, 5) is 24.3. The van der Waals surface area contributed by atoms with Crippen molar-refractivity contribution in [3.63, 3.8) is 0 Å². The average Bonchev–Trinajstić information content (AvgIpc) is 3.21. The number of nitrogens with zero attached hydrogens (tertiary/aromatic N) is 3. The minimum atomic E-state index is -1.16. The summed E-state index contributed by atoms with van der Waals surface area (Å²) in [5, 5.41) is 16.5. The van der Waals surface area contributed by atoms with Gasteiger partial charge >= 0.3 is 12.1 Å². The Morgan fingerprint density at radius 3 is 2.89 bits per heavy atom. The summed E-state index contributed by atoms with van der Waals surface area (Å²) in [7, 11) is 0. The van der Waals surface area contributed by atoms with Gasteiger partial charge in [0.1, 0.15) is 12.2 Å². The average molecular weight is 263 g/mol. The third-order valence-electron chi connectivity index (χ3n) is 2.59. The first-order chi connectivity index (χ1) is 9.15. The van der Waals surface area contributed by atoms with Crippen LogP contribution in [-0.2, 0) is 4.74 Å². The van der Waals surface area contributed by atoms with Gasteiger partial charge in [0.15, 0.2) is 5.82 Å². The number of aromatic nitrogens is 2. The lowest BCUT2D eigenvalue weighted by atomic mass is 10.2. The van der Waals surface area contributed by atoms with E-state index in [1.165, 1.54) is 23.2 Å². The lowest BCUT2D eigenvalue weighted by Crippen LogP contribution is -2.35. The molecule has 1 aliphatic carbocycles. The highest BCUT2D eigenvalue weighted by atomic mass is 16.6. The maximum atomic E-state index is 12.0. The molecule has 1 aromatic rings. The number of aromatic carboxylic acids is 1. The van der Waals surface area contributed by atoms with E-state index in [0.29, 0.717) is 0 Å². The molecule has 0 aromatic carbocycles. The van der Waals surface area contributed by atoms with Crippen LogP contribution in [0.15, 0.2) is 24.9 Å². The van der Waals surface area contributed by atoms with Gasteiger partial charge in [-0.1, -0.05) is 12.7 Å². The SMILES string of the molecule is C=CCOC(=O)N(c1nnccc1C(=O)O)C1CC1. The molecule has 0 spiro atoms. The van der Waals surface area contributed by atoms with Crippen LogP contribution in [0, 0.1) is 0 Å². The van der Waals surface area contributed by atoms with E-state index in [1.807, 2.05) is 0 Å². The molecule has 100 valence electrons. The van der Waals surface area contributed by atoms with Crippen LogP contribution < -0.4 is 4.90 Å². The molecule has 0 aliphatic heterocycles. The summed E-state index contributed by atoms with van der Waals surface area (Å²) in [6.07, 6.45) is 3.66. The van der Waals surface area contributed by atoms with Crippen LogP contribution in [0.5, 0.6) is 0 Å². The molecular weight excluding hydrogens is 250 g/mol. The molecule has 0 bridgehead atoms. The first kappa shape index (κ1) is 13.0. The van der Waals surface area contributed by atoms with E-state index in [9.17, 15) is 9.59 Å². The second-order valence-corrected chi connectivity index (χ2v) is 4.04. The fourth-order valence-corrected chi connectivity index (χ4v) is 1.61. The van der Waals surface area contributed by atoms with Gasteiger partial charge in [0.2, 0.25) is 0 Å². The Labute approximate surface area is 109 Å². The normalized spacial score (nSPS) is 13.7. The summed E-state index contributed by atoms with van der Waals surface area (Å²) in [6, 6.07) is 1.23. The van der Waals surface area contributed by atoms with Crippen molar-refractivity contribution < 1.29 is 19.4 Å². The van der Waals surface area contributed by atoms with Gasteiger partial charge in [-0.2, -0.15) is 5.10 Å². The maximum absolute atomic E-state index is 12.0. The Balaban J connectivity index is 2.31. The van der Waals surface area contributed by atoms with Gasteiger partial charge in [0, 0.05) is 6.04 Å². The molecule has 1 aliphatic rings. The number of hydrogen-bond donors (Lipinski definition) is 1. The zero-order valence-electron chi connectivity index (χ0n) is 10.2. The van der Waals surface area contributed by atoms with Gasteiger partial charge in [-0.25, -0.2) is 9.59 Å². The van der Waals surface area contributed by atoms with Crippen molar-refractivity contribution in [3.05, 3.63) is 30.5 Å². The van der Waals surface area contributed by atoms with Crippen molar-refractivity contribution in [2.45, 2.75) is 18.9 Å². The van der Waals surface area contributed by atoms with Gasteiger partial charge < -0.3 is 9.84 Å². The molecule has 1 amide bonds. The van der Waals surface area contributed by atoms with Gasteiger partial charge in [-0.15, -0.1) is 5.10 Å². The van der Waals surface area contributed by atoms with Crippen LogP contribution in [0.3, 0.4) is 0 Å². The molecule has 1 aromatic heterocycles. The van der Waals surface area contributed by atoms with Gasteiger partial charge in [-0.05, 0) is 18.9 Å². The summed E-state index contributed by atoms with van der Waals surface area (Å²) in [5.41, 5.74) is -0.0718. The minimum absolute atomic E-state index is 0.0200. The topological polar surface area (TPSA) is 92.6 Å². The van der Waals surface area contributed by atoms with E-state index in [4.69, 9.17) is 9.84 Å². The quantitative estimate of drug-likeness (QED) is 0.808. The number of carbonyl (C=O) groups is 2. The Morgan fingerprint density at radius 1 is 1.58 bits per heavy atom. The molecule has 1 heterocycles. The molecular formula is C12H13N3O4. The number of ether oxygens (including phenoxy) is 1. The van der Waals surface area contributed by atoms with Crippen molar-refractivity contribution in [3.8, 4) is 0 Å². The van der Waals surface area contributed by atoms with E-state index in [-0.39, 0.29) is 24.0 Å². The fraction of sp³-hybridized carbons (Fsp3) is 0.333. The first-order valence-electron chi connectivity index (χ1n) is 5.77. The van der Waals surface area contributed by atoms with Gasteiger partial charge in [0.05, 0.1) is 6.20 Å². The molecule has 7 heteroatoms. The molecule has 0 radical (unpaired) electrons. The van der Waals surface area contributed by atoms with Crippen LogP contribution in [-0.4, -0.2) is 40.0 Å². The first-order valence-corrected chi connectivity index (χ1v) is 5.77. The molecule has 1 saturated carbocycles. The van der Waals surface area contributed by atoms with Crippen LogP contribution in [0.1, 0.15) is 23.2 Å². The van der Waals surface area contributed by atoms with Gasteiger partial charge in [-0.3, -0.25) is 4.90 Å². The van der Waals surface area contributed by atoms with Crippen molar-refractivity contribution in [2.24, 2.45) is 0 Å². The smallest absolute Gasteiger partial charge is 0.416 e. The number of carbonyl (C=O) groups excluding carboxylic acids is 1. The third-order valence-corrected chi connectivity index (χ3v) is 2.59. The van der Waals surface area contributed by atoms with E-state index in [0.717, 1.165) is 12.8 Å². The maximum Gasteiger partial charge on any atom is 0.416 e. The number of rotatable bonds is 5. The number of hydrogen-bond acceptors (Lipinski definition) is 5. The van der Waals surface area contributed by atoms with Crippen LogP contribution in [0.2, 0.25) is 0 Å². The zero-order chi connectivity index (χ0) is 13.8. The number of amides is 1. The zero-order valence-corrected chi connectivity index (χ0v) is 10.2. The number of carboxylic acids is 1. The predicted molar refractivity (Wildman–Crippen MR) is 66.0 cm³/mol. The Kier molecular flexibility index (Phi) is 3.74. The summed E-state index contributed by atoms with van der Waals surface area (Å²) < 4.78 is 4.95. The second kappa shape index (κ2) is 5.47. The van der Waals surface area contributed by atoms with Gasteiger partial charge in [0.25, 0.3) is 0 Å². The molecule has 0 unspecified atom stereocenters. The van der Waals surface area contributed by atoms with Crippen molar-refractivity contribution in [1.29, 1.82) is 0 Å². The summed E-state index contributed by atoms with van der Waals surface area (Å²) in [6.45, 7) is 3.51. The Morgan fingerprint density at radius 2 is 2.32 bits per heavy atom.